The van der Waals surface area contributed by atoms with Gasteiger partial charge in [0.15, 0.2) is 18.3 Å². The van der Waals surface area contributed by atoms with Gasteiger partial charge in [0, 0.05) is 0 Å². The Bertz CT molecular complexity index is 249. The highest BCUT2D eigenvalue weighted by atomic mass is 19.1. The average Bonchev–Trinajstić information content (AvgIpc) is 2.47. The third kappa shape index (κ3) is 1.09. The molecule has 2 atom stereocenters. The SMILES string of the molecule is FC1CCCC(F)n2ncnc21. The lowest BCUT2D eigenvalue weighted by Crippen LogP contribution is -2.08. The van der Waals surface area contributed by atoms with E-state index in [1.807, 2.05) is 0 Å². The maximum atomic E-state index is 13.2. The van der Waals surface area contributed by atoms with Crippen LogP contribution >= 0.6 is 0 Å². The van der Waals surface area contributed by atoms with Gasteiger partial charge in [-0.15, -0.1) is 0 Å². The first-order chi connectivity index (χ1) is 5.79. The number of alkyl halides is 2. The zero-order chi connectivity index (χ0) is 8.55. The fourth-order valence-electron chi connectivity index (χ4n) is 1.42. The molecule has 2 rings (SSSR count). The first-order valence-corrected chi connectivity index (χ1v) is 3.96. The van der Waals surface area contributed by atoms with Crippen LogP contribution in [0.25, 0.3) is 0 Å². The molecule has 66 valence electrons. The molecular weight excluding hydrogens is 164 g/mol. The van der Waals surface area contributed by atoms with E-state index in [9.17, 15) is 8.78 Å². The van der Waals surface area contributed by atoms with Crippen LogP contribution in [0.1, 0.15) is 37.6 Å². The molecule has 2 heterocycles. The van der Waals surface area contributed by atoms with Crippen LogP contribution < -0.4 is 0 Å². The topological polar surface area (TPSA) is 30.7 Å². The molecule has 2 unspecified atom stereocenters. The van der Waals surface area contributed by atoms with Gasteiger partial charge in [-0.05, 0) is 19.3 Å². The van der Waals surface area contributed by atoms with Gasteiger partial charge < -0.3 is 0 Å². The van der Waals surface area contributed by atoms with Crippen LogP contribution in [-0.4, -0.2) is 14.8 Å². The zero-order valence-corrected chi connectivity index (χ0v) is 6.45. The molecule has 0 spiro atoms. The molecule has 5 heteroatoms. The average molecular weight is 173 g/mol. The van der Waals surface area contributed by atoms with E-state index in [0.717, 1.165) is 4.68 Å². The highest BCUT2D eigenvalue weighted by Gasteiger charge is 2.25. The van der Waals surface area contributed by atoms with E-state index >= 15 is 0 Å². The lowest BCUT2D eigenvalue weighted by molar-refractivity contribution is 0.202. The van der Waals surface area contributed by atoms with Gasteiger partial charge in [0.25, 0.3) is 0 Å². The minimum absolute atomic E-state index is 0.125. The fraction of sp³-hybridized carbons (Fsp3) is 0.714. The van der Waals surface area contributed by atoms with Crippen LogP contribution in [0, 0.1) is 0 Å². The summed E-state index contributed by atoms with van der Waals surface area (Å²) in [6.45, 7) is 0. The standard InChI is InChI=1S/C7H9F2N3/c8-5-2-1-3-6(9)12-7(5)10-4-11-12/h4-6H,1-3H2. The van der Waals surface area contributed by atoms with E-state index in [4.69, 9.17) is 0 Å². The molecule has 3 nitrogen and oxygen atoms in total. The quantitative estimate of drug-likeness (QED) is 0.600. The van der Waals surface area contributed by atoms with Crippen LogP contribution in [0.3, 0.4) is 0 Å². The van der Waals surface area contributed by atoms with Crippen molar-refractivity contribution >= 4 is 0 Å². The monoisotopic (exact) mass is 173 g/mol. The van der Waals surface area contributed by atoms with Crippen molar-refractivity contribution in [2.75, 3.05) is 0 Å². The second-order valence-electron chi connectivity index (χ2n) is 2.90. The number of rotatable bonds is 0. The predicted octanol–water partition coefficient (Wildman–Crippen LogP) is 1.94. The van der Waals surface area contributed by atoms with E-state index < -0.39 is 12.5 Å². The first kappa shape index (κ1) is 7.64. The summed E-state index contributed by atoms with van der Waals surface area (Å²) < 4.78 is 27.3. The molecule has 1 aromatic rings. The van der Waals surface area contributed by atoms with Crippen LogP contribution in [0.15, 0.2) is 6.33 Å². The molecule has 1 aliphatic heterocycles. The number of halogens is 2. The third-order valence-electron chi connectivity index (χ3n) is 2.05. The van der Waals surface area contributed by atoms with Crippen molar-refractivity contribution in [3.63, 3.8) is 0 Å². The summed E-state index contributed by atoms with van der Waals surface area (Å²) in [6, 6.07) is 0. The van der Waals surface area contributed by atoms with Crippen LogP contribution in [0.4, 0.5) is 8.78 Å². The molecule has 12 heavy (non-hydrogen) atoms. The van der Waals surface area contributed by atoms with Gasteiger partial charge in [-0.25, -0.2) is 18.4 Å². The molecule has 0 fully saturated rings. The summed E-state index contributed by atoms with van der Waals surface area (Å²) in [5.41, 5.74) is 0. The van der Waals surface area contributed by atoms with Gasteiger partial charge >= 0.3 is 0 Å². The number of hydrogen-bond acceptors (Lipinski definition) is 2. The van der Waals surface area contributed by atoms with E-state index in [2.05, 4.69) is 10.1 Å². The second kappa shape index (κ2) is 2.80. The third-order valence-corrected chi connectivity index (χ3v) is 2.05. The van der Waals surface area contributed by atoms with E-state index in [1.54, 1.807) is 0 Å². The summed E-state index contributed by atoms with van der Waals surface area (Å²) >= 11 is 0. The molecule has 0 saturated carbocycles. The van der Waals surface area contributed by atoms with Crippen molar-refractivity contribution in [2.45, 2.75) is 31.7 Å². The molecule has 0 bridgehead atoms. The highest BCUT2D eigenvalue weighted by Crippen LogP contribution is 2.30. The largest absolute Gasteiger partial charge is 0.239 e. The van der Waals surface area contributed by atoms with Crippen molar-refractivity contribution < 1.29 is 8.78 Å². The molecule has 0 saturated heterocycles. The minimum atomic E-state index is -1.21. The zero-order valence-electron chi connectivity index (χ0n) is 6.45. The van der Waals surface area contributed by atoms with Gasteiger partial charge in [0.1, 0.15) is 6.33 Å². The van der Waals surface area contributed by atoms with Crippen molar-refractivity contribution in [2.24, 2.45) is 0 Å². The van der Waals surface area contributed by atoms with Crippen LogP contribution in [-0.2, 0) is 0 Å². The fourth-order valence-corrected chi connectivity index (χ4v) is 1.42. The lowest BCUT2D eigenvalue weighted by atomic mass is 10.2. The summed E-state index contributed by atoms with van der Waals surface area (Å²) in [4.78, 5) is 3.69. The van der Waals surface area contributed by atoms with Crippen molar-refractivity contribution in [1.82, 2.24) is 14.8 Å². The Morgan fingerprint density at radius 2 is 2.25 bits per heavy atom. The van der Waals surface area contributed by atoms with Gasteiger partial charge in [0.2, 0.25) is 0 Å². The Labute approximate surface area is 68.4 Å². The van der Waals surface area contributed by atoms with Gasteiger partial charge in [-0.2, -0.15) is 5.10 Å². The number of aromatic nitrogens is 3. The molecule has 0 amide bonds. The van der Waals surface area contributed by atoms with Gasteiger partial charge in [-0.3, -0.25) is 0 Å². The second-order valence-corrected chi connectivity index (χ2v) is 2.90. The Morgan fingerprint density at radius 1 is 1.42 bits per heavy atom. The predicted molar refractivity (Wildman–Crippen MR) is 37.9 cm³/mol. The van der Waals surface area contributed by atoms with Crippen LogP contribution in [0.5, 0.6) is 0 Å². The molecule has 1 aliphatic rings. The van der Waals surface area contributed by atoms with Gasteiger partial charge in [0.05, 0.1) is 0 Å². The summed E-state index contributed by atoms with van der Waals surface area (Å²) in [5, 5.41) is 3.64. The minimum Gasteiger partial charge on any atom is -0.239 e. The Hall–Kier alpha value is -1.00. The number of fused-ring (bicyclic) bond motifs is 1. The van der Waals surface area contributed by atoms with Crippen molar-refractivity contribution in [3.8, 4) is 0 Å². The molecular formula is C7H9F2N3. The van der Waals surface area contributed by atoms with Crippen molar-refractivity contribution in [3.05, 3.63) is 12.2 Å². The molecule has 0 aromatic carbocycles. The molecule has 0 radical (unpaired) electrons. The summed E-state index contributed by atoms with van der Waals surface area (Å²) in [7, 11) is 0. The number of hydrogen-bond donors (Lipinski definition) is 0. The molecule has 0 aliphatic carbocycles. The molecule has 0 N–H and O–H groups in total. The molecule has 1 aromatic heterocycles. The van der Waals surface area contributed by atoms with Crippen molar-refractivity contribution in [1.29, 1.82) is 0 Å². The summed E-state index contributed by atoms with van der Waals surface area (Å²) in [5.74, 6) is 0.125. The smallest absolute Gasteiger partial charge is 0.193 e. The van der Waals surface area contributed by atoms with Crippen LogP contribution in [0.2, 0.25) is 0 Å². The normalized spacial score (nSPS) is 29.5. The lowest BCUT2D eigenvalue weighted by Gasteiger charge is -2.06. The van der Waals surface area contributed by atoms with Gasteiger partial charge in [-0.1, -0.05) is 0 Å². The van der Waals surface area contributed by atoms with E-state index in [-0.39, 0.29) is 5.82 Å². The summed E-state index contributed by atoms with van der Waals surface area (Å²) in [6.07, 6.45) is 0.0554. The number of nitrogens with zero attached hydrogens (tertiary/aromatic N) is 3. The van der Waals surface area contributed by atoms with E-state index in [0.29, 0.717) is 19.3 Å². The Balaban J connectivity index is 2.39. The maximum absolute atomic E-state index is 13.2. The Kier molecular flexibility index (Phi) is 1.78. The highest BCUT2D eigenvalue weighted by molar-refractivity contribution is 4.93. The first-order valence-electron chi connectivity index (χ1n) is 3.96. The Morgan fingerprint density at radius 3 is 3.08 bits per heavy atom. The maximum Gasteiger partial charge on any atom is 0.193 e. The van der Waals surface area contributed by atoms with E-state index in [1.165, 1.54) is 6.33 Å².